The highest BCUT2D eigenvalue weighted by atomic mass is 16.2. The molecule has 1 saturated heterocycles. The number of nitrogens with two attached hydrogens (primary N) is 1. The highest BCUT2D eigenvalue weighted by Gasteiger charge is 2.14. The van der Waals surface area contributed by atoms with E-state index in [1.54, 1.807) is 0 Å². The van der Waals surface area contributed by atoms with Gasteiger partial charge in [0, 0.05) is 32.7 Å². The van der Waals surface area contributed by atoms with Crippen molar-refractivity contribution in [3.05, 3.63) is 0 Å². The van der Waals surface area contributed by atoms with Gasteiger partial charge in [-0.15, -0.1) is 0 Å². The number of hydrogen-bond acceptors (Lipinski definition) is 4. The predicted octanol–water partition coefficient (Wildman–Crippen LogP) is 0.258. The van der Waals surface area contributed by atoms with Crippen molar-refractivity contribution in [1.82, 2.24) is 15.1 Å². The van der Waals surface area contributed by atoms with Crippen molar-refractivity contribution in [3.63, 3.8) is 0 Å². The van der Waals surface area contributed by atoms with Gasteiger partial charge in [0.2, 0.25) is 5.91 Å². The summed E-state index contributed by atoms with van der Waals surface area (Å²) in [5.74, 6) is 0.00632. The molecular weight excluding hydrogens is 240 g/mol. The molecule has 0 spiro atoms. The Kier molecular flexibility index (Phi) is 8.02. The number of carbonyl (C=O) groups excluding carboxylic acids is 1. The monoisotopic (exact) mass is 270 g/mol. The van der Waals surface area contributed by atoms with Gasteiger partial charge in [0.25, 0.3) is 0 Å². The molecule has 1 fully saturated rings. The van der Waals surface area contributed by atoms with E-state index in [0.29, 0.717) is 0 Å². The summed E-state index contributed by atoms with van der Waals surface area (Å²) in [6.45, 7) is 8.49. The summed E-state index contributed by atoms with van der Waals surface area (Å²) < 4.78 is 0. The second-order valence-electron chi connectivity index (χ2n) is 5.54. The van der Waals surface area contributed by atoms with Crippen molar-refractivity contribution < 1.29 is 4.79 Å². The molecule has 5 nitrogen and oxygen atoms in total. The summed E-state index contributed by atoms with van der Waals surface area (Å²) in [6, 6.07) is -0.330. The number of nitrogens with one attached hydrogen (secondary N) is 1. The van der Waals surface area contributed by atoms with Gasteiger partial charge in [-0.2, -0.15) is 0 Å². The molecule has 0 radical (unpaired) electrons. The van der Waals surface area contributed by atoms with Gasteiger partial charge in [0.15, 0.2) is 0 Å². The van der Waals surface area contributed by atoms with Crippen molar-refractivity contribution in [2.24, 2.45) is 5.73 Å². The maximum atomic E-state index is 11.7. The fourth-order valence-corrected chi connectivity index (χ4v) is 2.27. The first-order chi connectivity index (χ1) is 9.13. The molecule has 0 bridgehead atoms. The molecule has 1 rings (SSSR count). The largest absolute Gasteiger partial charge is 0.355 e. The molecule has 0 aromatic rings. The zero-order valence-corrected chi connectivity index (χ0v) is 12.5. The van der Waals surface area contributed by atoms with Crippen molar-refractivity contribution in [2.45, 2.75) is 38.6 Å². The molecule has 1 aliphatic rings. The Morgan fingerprint density at radius 3 is 2.58 bits per heavy atom. The number of piperazine rings is 1. The molecular formula is C14H30N4O. The molecule has 0 saturated carbocycles. The number of carbonyl (C=O) groups is 1. The molecule has 1 amide bonds. The number of hydrogen-bond donors (Lipinski definition) is 2. The van der Waals surface area contributed by atoms with Crippen LogP contribution in [0.2, 0.25) is 0 Å². The standard InChI is InChI=1S/C14H30N4O/c1-3-4-6-13(15)14(19)16-7-5-8-18-11-9-17(2)10-12-18/h13H,3-12,15H2,1-2H3,(H,16,19)/t13-/m0/s1. The van der Waals surface area contributed by atoms with Gasteiger partial charge >= 0.3 is 0 Å². The van der Waals surface area contributed by atoms with Crippen molar-refractivity contribution in [3.8, 4) is 0 Å². The third-order valence-electron chi connectivity index (χ3n) is 3.75. The Morgan fingerprint density at radius 1 is 1.26 bits per heavy atom. The molecule has 1 atom stereocenters. The lowest BCUT2D eigenvalue weighted by molar-refractivity contribution is -0.122. The lowest BCUT2D eigenvalue weighted by Gasteiger charge is -2.32. The topological polar surface area (TPSA) is 61.6 Å². The molecule has 0 aliphatic carbocycles. The average molecular weight is 270 g/mol. The highest BCUT2D eigenvalue weighted by Crippen LogP contribution is 2.00. The molecule has 5 heteroatoms. The second-order valence-corrected chi connectivity index (χ2v) is 5.54. The zero-order chi connectivity index (χ0) is 14.1. The van der Waals surface area contributed by atoms with Crippen molar-refractivity contribution in [1.29, 1.82) is 0 Å². The van der Waals surface area contributed by atoms with Gasteiger partial charge < -0.3 is 20.9 Å². The fraction of sp³-hybridized carbons (Fsp3) is 0.929. The minimum Gasteiger partial charge on any atom is -0.355 e. The van der Waals surface area contributed by atoms with Gasteiger partial charge in [-0.05, 0) is 26.4 Å². The van der Waals surface area contributed by atoms with E-state index in [0.717, 1.165) is 65.0 Å². The number of rotatable bonds is 8. The van der Waals surface area contributed by atoms with Crippen LogP contribution in [-0.2, 0) is 4.79 Å². The van der Waals surface area contributed by atoms with Crippen LogP contribution in [0.1, 0.15) is 32.6 Å². The summed E-state index contributed by atoms with van der Waals surface area (Å²) in [6.07, 6.45) is 3.91. The Labute approximate surface area is 117 Å². The number of likely N-dealkylation sites (N-methyl/N-ethyl adjacent to an activating group) is 1. The van der Waals surface area contributed by atoms with Crippen LogP contribution >= 0.6 is 0 Å². The van der Waals surface area contributed by atoms with Gasteiger partial charge in [-0.25, -0.2) is 0 Å². The van der Waals surface area contributed by atoms with E-state index in [4.69, 9.17) is 5.73 Å². The lowest BCUT2D eigenvalue weighted by Crippen LogP contribution is -2.45. The normalized spacial score (nSPS) is 19.3. The second kappa shape index (κ2) is 9.28. The molecule has 112 valence electrons. The Balaban J connectivity index is 2.02. The van der Waals surface area contributed by atoms with Crippen molar-refractivity contribution in [2.75, 3.05) is 46.3 Å². The molecule has 1 aliphatic heterocycles. The molecule has 0 aromatic carbocycles. The van der Waals surface area contributed by atoms with Gasteiger partial charge in [-0.3, -0.25) is 4.79 Å². The van der Waals surface area contributed by atoms with Crippen LogP contribution in [0.25, 0.3) is 0 Å². The van der Waals surface area contributed by atoms with Crippen LogP contribution < -0.4 is 11.1 Å². The average Bonchev–Trinajstić information content (AvgIpc) is 2.42. The quantitative estimate of drug-likeness (QED) is 0.621. The lowest BCUT2D eigenvalue weighted by atomic mass is 10.1. The van der Waals surface area contributed by atoms with Gasteiger partial charge in [0.05, 0.1) is 6.04 Å². The summed E-state index contributed by atoms with van der Waals surface area (Å²) in [5, 5.41) is 2.94. The van der Waals surface area contributed by atoms with Crippen LogP contribution in [0.15, 0.2) is 0 Å². The molecule has 3 N–H and O–H groups in total. The van der Waals surface area contributed by atoms with Crippen molar-refractivity contribution >= 4 is 5.91 Å². The summed E-state index contributed by atoms with van der Waals surface area (Å²) in [4.78, 5) is 16.5. The van der Waals surface area contributed by atoms with Crippen LogP contribution in [0.4, 0.5) is 0 Å². The van der Waals surface area contributed by atoms with E-state index >= 15 is 0 Å². The Morgan fingerprint density at radius 2 is 1.95 bits per heavy atom. The van der Waals surface area contributed by atoms with Gasteiger partial charge in [0.1, 0.15) is 0 Å². The van der Waals surface area contributed by atoms with E-state index in [2.05, 4.69) is 29.1 Å². The third-order valence-corrected chi connectivity index (χ3v) is 3.75. The Hall–Kier alpha value is -0.650. The molecule has 1 heterocycles. The smallest absolute Gasteiger partial charge is 0.236 e. The number of unbranched alkanes of at least 4 members (excludes halogenated alkanes) is 1. The van der Waals surface area contributed by atoms with E-state index < -0.39 is 0 Å². The summed E-state index contributed by atoms with van der Waals surface area (Å²) >= 11 is 0. The zero-order valence-electron chi connectivity index (χ0n) is 12.5. The van der Waals surface area contributed by atoms with Crippen LogP contribution in [0, 0.1) is 0 Å². The molecule has 0 aromatic heterocycles. The number of nitrogens with zero attached hydrogens (tertiary/aromatic N) is 2. The maximum Gasteiger partial charge on any atom is 0.236 e. The summed E-state index contributed by atoms with van der Waals surface area (Å²) in [5.41, 5.74) is 5.82. The van der Waals surface area contributed by atoms with E-state index in [9.17, 15) is 4.79 Å². The maximum absolute atomic E-state index is 11.7. The van der Waals surface area contributed by atoms with Crippen LogP contribution in [-0.4, -0.2) is 68.1 Å². The fourth-order valence-electron chi connectivity index (χ4n) is 2.27. The van der Waals surface area contributed by atoms with E-state index in [1.165, 1.54) is 0 Å². The predicted molar refractivity (Wildman–Crippen MR) is 79.1 cm³/mol. The number of amides is 1. The first-order valence-electron chi connectivity index (χ1n) is 7.57. The van der Waals surface area contributed by atoms with Gasteiger partial charge in [-0.1, -0.05) is 19.8 Å². The first-order valence-corrected chi connectivity index (χ1v) is 7.57. The van der Waals surface area contributed by atoms with Crippen LogP contribution in [0.5, 0.6) is 0 Å². The minimum atomic E-state index is -0.330. The SMILES string of the molecule is CCCC[C@H](N)C(=O)NCCCN1CCN(C)CC1. The van der Waals surface area contributed by atoms with E-state index in [1.807, 2.05) is 0 Å². The molecule has 0 unspecified atom stereocenters. The minimum absolute atomic E-state index is 0.00632. The highest BCUT2D eigenvalue weighted by molar-refractivity contribution is 5.81. The van der Waals surface area contributed by atoms with Crippen LogP contribution in [0.3, 0.4) is 0 Å². The summed E-state index contributed by atoms with van der Waals surface area (Å²) in [7, 11) is 2.16. The first kappa shape index (κ1) is 16.4. The Bertz CT molecular complexity index is 252. The third kappa shape index (κ3) is 6.89. The van der Waals surface area contributed by atoms with E-state index in [-0.39, 0.29) is 11.9 Å². The molecule has 19 heavy (non-hydrogen) atoms.